The Kier molecular flexibility index (Phi) is 4.80. The molecule has 0 unspecified atom stereocenters. The molecular weight excluding hydrogens is 312 g/mol. The molecular formula is C10H11FINO2. The van der Waals surface area contributed by atoms with Crippen molar-refractivity contribution in [1.82, 2.24) is 5.32 Å². The predicted octanol–water partition coefficient (Wildman–Crippen LogP) is 2.00. The number of hydrogen-bond acceptors (Lipinski definition) is 2. The van der Waals surface area contributed by atoms with Crippen molar-refractivity contribution >= 4 is 28.5 Å². The SMILES string of the molecule is COc1ccc(C(=O)NCCI)cc1F. The van der Waals surface area contributed by atoms with Gasteiger partial charge in [0.15, 0.2) is 11.6 Å². The van der Waals surface area contributed by atoms with Crippen LogP contribution in [-0.2, 0) is 0 Å². The van der Waals surface area contributed by atoms with Gasteiger partial charge in [-0.1, -0.05) is 22.6 Å². The van der Waals surface area contributed by atoms with Crippen LogP contribution in [-0.4, -0.2) is 24.0 Å². The molecule has 1 aromatic rings. The van der Waals surface area contributed by atoms with Gasteiger partial charge in [0, 0.05) is 16.5 Å². The summed E-state index contributed by atoms with van der Waals surface area (Å²) in [5.74, 6) is -0.659. The lowest BCUT2D eigenvalue weighted by molar-refractivity contribution is 0.0956. The second-order valence-electron chi connectivity index (χ2n) is 2.79. The molecule has 0 saturated carbocycles. The van der Waals surface area contributed by atoms with Crippen LogP contribution in [0.5, 0.6) is 5.75 Å². The summed E-state index contributed by atoms with van der Waals surface area (Å²) >= 11 is 2.15. The molecule has 0 aliphatic rings. The van der Waals surface area contributed by atoms with Crippen molar-refractivity contribution in [3.8, 4) is 5.75 Å². The highest BCUT2D eigenvalue weighted by atomic mass is 127. The standard InChI is InChI=1S/C10H11FINO2/c1-15-9-3-2-7(6-8(9)11)10(14)13-5-4-12/h2-3,6H,4-5H2,1H3,(H,13,14). The molecule has 3 nitrogen and oxygen atoms in total. The highest BCUT2D eigenvalue weighted by Gasteiger charge is 2.08. The van der Waals surface area contributed by atoms with Gasteiger partial charge >= 0.3 is 0 Å². The maximum absolute atomic E-state index is 13.2. The lowest BCUT2D eigenvalue weighted by Gasteiger charge is -2.05. The zero-order valence-electron chi connectivity index (χ0n) is 8.22. The number of rotatable bonds is 4. The first kappa shape index (κ1) is 12.2. The van der Waals surface area contributed by atoms with Crippen LogP contribution >= 0.6 is 22.6 Å². The van der Waals surface area contributed by atoms with Crippen LogP contribution < -0.4 is 10.1 Å². The van der Waals surface area contributed by atoms with E-state index < -0.39 is 5.82 Å². The maximum atomic E-state index is 13.2. The number of carbonyl (C=O) groups excluding carboxylic acids is 1. The number of halogens is 2. The monoisotopic (exact) mass is 323 g/mol. The fourth-order valence-corrected chi connectivity index (χ4v) is 1.34. The van der Waals surface area contributed by atoms with Gasteiger partial charge in [0.2, 0.25) is 0 Å². The van der Waals surface area contributed by atoms with Gasteiger partial charge in [0.1, 0.15) is 0 Å². The normalized spacial score (nSPS) is 9.80. The Hall–Kier alpha value is -0.850. The molecule has 1 amide bonds. The lowest BCUT2D eigenvalue weighted by atomic mass is 10.2. The Bertz CT molecular complexity index is 357. The predicted molar refractivity (Wildman–Crippen MR) is 64.2 cm³/mol. The van der Waals surface area contributed by atoms with Gasteiger partial charge in [-0.2, -0.15) is 0 Å². The van der Waals surface area contributed by atoms with Crippen LogP contribution in [0.15, 0.2) is 18.2 Å². The van der Waals surface area contributed by atoms with Gasteiger partial charge in [-0.3, -0.25) is 4.79 Å². The van der Waals surface area contributed by atoms with Crippen LogP contribution in [0.3, 0.4) is 0 Å². The fraction of sp³-hybridized carbons (Fsp3) is 0.300. The van der Waals surface area contributed by atoms with E-state index in [1.54, 1.807) is 0 Å². The van der Waals surface area contributed by atoms with E-state index in [2.05, 4.69) is 27.9 Å². The number of amides is 1. The van der Waals surface area contributed by atoms with Crippen molar-refractivity contribution in [3.05, 3.63) is 29.6 Å². The quantitative estimate of drug-likeness (QED) is 0.680. The third kappa shape index (κ3) is 3.33. The second-order valence-corrected chi connectivity index (χ2v) is 3.87. The number of alkyl halides is 1. The summed E-state index contributed by atoms with van der Waals surface area (Å²) < 4.78 is 18.8. The zero-order valence-corrected chi connectivity index (χ0v) is 10.4. The number of benzene rings is 1. The number of nitrogens with one attached hydrogen (secondary N) is 1. The molecule has 82 valence electrons. The summed E-state index contributed by atoms with van der Waals surface area (Å²) in [6.07, 6.45) is 0. The van der Waals surface area contributed by atoms with Crippen molar-refractivity contribution in [1.29, 1.82) is 0 Å². The second kappa shape index (κ2) is 5.89. The van der Waals surface area contributed by atoms with Gasteiger partial charge in [-0.15, -0.1) is 0 Å². The molecule has 0 bridgehead atoms. The minimum absolute atomic E-state index is 0.139. The molecule has 0 heterocycles. The smallest absolute Gasteiger partial charge is 0.251 e. The average molecular weight is 323 g/mol. The van der Waals surface area contributed by atoms with Crippen LogP contribution in [0.4, 0.5) is 4.39 Å². The first-order valence-corrected chi connectivity index (χ1v) is 5.89. The topological polar surface area (TPSA) is 38.3 Å². The Morgan fingerprint density at radius 3 is 2.87 bits per heavy atom. The fourth-order valence-electron chi connectivity index (χ4n) is 1.07. The number of carbonyl (C=O) groups is 1. The Morgan fingerprint density at radius 1 is 1.60 bits per heavy atom. The Balaban J connectivity index is 2.78. The van der Waals surface area contributed by atoms with E-state index in [-0.39, 0.29) is 11.7 Å². The summed E-state index contributed by atoms with van der Waals surface area (Å²) in [5, 5.41) is 2.66. The summed E-state index contributed by atoms with van der Waals surface area (Å²) in [4.78, 5) is 11.4. The third-order valence-electron chi connectivity index (χ3n) is 1.79. The zero-order chi connectivity index (χ0) is 11.3. The molecule has 0 fully saturated rings. The number of ether oxygens (including phenoxy) is 1. The summed E-state index contributed by atoms with van der Waals surface area (Å²) in [7, 11) is 1.38. The van der Waals surface area contributed by atoms with Crippen molar-refractivity contribution < 1.29 is 13.9 Å². The van der Waals surface area contributed by atoms with Crippen molar-refractivity contribution in [2.24, 2.45) is 0 Å². The summed E-state index contributed by atoms with van der Waals surface area (Å²) in [5.41, 5.74) is 0.304. The van der Waals surface area contributed by atoms with Gasteiger partial charge in [0.25, 0.3) is 5.91 Å². The van der Waals surface area contributed by atoms with E-state index in [1.807, 2.05) is 0 Å². The number of hydrogen-bond donors (Lipinski definition) is 1. The van der Waals surface area contributed by atoms with E-state index in [4.69, 9.17) is 4.74 Å². The van der Waals surface area contributed by atoms with Gasteiger partial charge in [-0.05, 0) is 18.2 Å². The highest BCUT2D eigenvalue weighted by molar-refractivity contribution is 14.1. The minimum atomic E-state index is -0.528. The molecule has 1 aromatic carbocycles. The molecule has 0 radical (unpaired) electrons. The first-order valence-electron chi connectivity index (χ1n) is 4.36. The first-order chi connectivity index (χ1) is 7.19. The molecule has 0 saturated heterocycles. The highest BCUT2D eigenvalue weighted by Crippen LogP contribution is 2.17. The van der Waals surface area contributed by atoms with Crippen molar-refractivity contribution in [2.45, 2.75) is 0 Å². The van der Waals surface area contributed by atoms with Gasteiger partial charge in [0.05, 0.1) is 7.11 Å². The van der Waals surface area contributed by atoms with Crippen LogP contribution in [0.1, 0.15) is 10.4 Å². The summed E-state index contributed by atoms with van der Waals surface area (Å²) in [6, 6.07) is 4.14. The van der Waals surface area contributed by atoms with Crippen molar-refractivity contribution in [3.63, 3.8) is 0 Å². The molecule has 15 heavy (non-hydrogen) atoms. The minimum Gasteiger partial charge on any atom is -0.494 e. The van der Waals surface area contributed by atoms with Crippen LogP contribution in [0, 0.1) is 5.82 Å². The molecule has 0 atom stereocenters. The van der Waals surface area contributed by atoms with Crippen LogP contribution in [0.2, 0.25) is 0 Å². The molecule has 0 aliphatic heterocycles. The summed E-state index contributed by atoms with van der Waals surface area (Å²) in [6.45, 7) is 0.576. The molecule has 1 rings (SSSR count). The van der Waals surface area contributed by atoms with E-state index in [9.17, 15) is 9.18 Å². The molecule has 1 N–H and O–H groups in total. The molecule has 0 aliphatic carbocycles. The molecule has 0 aromatic heterocycles. The molecule has 5 heteroatoms. The van der Waals surface area contributed by atoms with Crippen LogP contribution in [0.25, 0.3) is 0 Å². The lowest BCUT2D eigenvalue weighted by Crippen LogP contribution is -2.25. The van der Waals surface area contributed by atoms with Gasteiger partial charge < -0.3 is 10.1 Å². The largest absolute Gasteiger partial charge is 0.494 e. The maximum Gasteiger partial charge on any atom is 0.251 e. The van der Waals surface area contributed by atoms with E-state index in [0.717, 1.165) is 4.43 Å². The third-order valence-corrected chi connectivity index (χ3v) is 2.33. The van der Waals surface area contributed by atoms with E-state index in [0.29, 0.717) is 12.1 Å². The number of methoxy groups -OCH3 is 1. The van der Waals surface area contributed by atoms with E-state index in [1.165, 1.54) is 25.3 Å². The Morgan fingerprint density at radius 2 is 2.33 bits per heavy atom. The van der Waals surface area contributed by atoms with E-state index >= 15 is 0 Å². The van der Waals surface area contributed by atoms with Gasteiger partial charge in [-0.25, -0.2) is 4.39 Å². The van der Waals surface area contributed by atoms with Crippen molar-refractivity contribution in [2.75, 3.05) is 18.1 Å². The Labute approximate surface area is 101 Å². The molecule has 0 spiro atoms. The average Bonchev–Trinajstić information content (AvgIpc) is 2.25.